The van der Waals surface area contributed by atoms with E-state index in [9.17, 15) is 18.7 Å². The number of likely N-dealkylation sites (tertiary alicyclic amines) is 1. The summed E-state index contributed by atoms with van der Waals surface area (Å²) in [6.07, 6.45) is -2.81. The van der Waals surface area contributed by atoms with Crippen LogP contribution >= 0.6 is 0 Å². The van der Waals surface area contributed by atoms with Crippen LogP contribution < -0.4 is 5.32 Å². The quantitative estimate of drug-likeness (QED) is 0.788. The van der Waals surface area contributed by atoms with Gasteiger partial charge in [0.05, 0.1) is 13.2 Å². The lowest BCUT2D eigenvalue weighted by Crippen LogP contribution is -2.42. The Labute approximate surface area is 134 Å². The van der Waals surface area contributed by atoms with Crippen LogP contribution in [0, 0.1) is 0 Å². The average Bonchev–Trinajstić information content (AvgIpc) is 2.89. The predicted molar refractivity (Wildman–Crippen MR) is 81.0 cm³/mol. The first-order valence-corrected chi connectivity index (χ1v) is 7.49. The van der Waals surface area contributed by atoms with Crippen molar-refractivity contribution in [1.82, 2.24) is 10.2 Å². The highest BCUT2D eigenvalue weighted by molar-refractivity contribution is 5.78. The molecule has 1 amide bonds. The SMILES string of the molecule is COCc1ccc(CNC(=O)CN2CCC(O)(C(F)F)C2)cc1. The molecule has 0 aromatic heterocycles. The summed E-state index contributed by atoms with van der Waals surface area (Å²) in [6, 6.07) is 7.66. The maximum atomic E-state index is 12.7. The first kappa shape index (κ1) is 17.8. The highest BCUT2D eigenvalue weighted by Gasteiger charge is 2.44. The molecular formula is C16H22F2N2O3. The number of ether oxygens (including phenoxy) is 1. The summed E-state index contributed by atoms with van der Waals surface area (Å²) in [5.74, 6) is -0.246. The van der Waals surface area contributed by atoms with E-state index in [0.717, 1.165) is 11.1 Å². The average molecular weight is 328 g/mol. The van der Waals surface area contributed by atoms with Crippen molar-refractivity contribution < 1.29 is 23.4 Å². The minimum absolute atomic E-state index is 0.0107. The Morgan fingerprint density at radius 3 is 2.61 bits per heavy atom. The normalized spacial score (nSPS) is 21.8. The minimum Gasteiger partial charge on any atom is -0.383 e. The molecule has 7 heteroatoms. The lowest BCUT2D eigenvalue weighted by Gasteiger charge is -2.22. The molecule has 1 aliphatic heterocycles. The third-order valence-corrected chi connectivity index (χ3v) is 3.96. The molecule has 0 saturated carbocycles. The molecule has 2 rings (SSSR count). The molecular weight excluding hydrogens is 306 g/mol. The predicted octanol–water partition coefficient (Wildman–Crippen LogP) is 1.15. The van der Waals surface area contributed by atoms with E-state index >= 15 is 0 Å². The van der Waals surface area contributed by atoms with Crippen LogP contribution in [0.15, 0.2) is 24.3 Å². The molecule has 1 heterocycles. The Balaban J connectivity index is 1.75. The second-order valence-corrected chi connectivity index (χ2v) is 5.89. The van der Waals surface area contributed by atoms with Crippen molar-refractivity contribution >= 4 is 5.91 Å². The number of alkyl halides is 2. The van der Waals surface area contributed by atoms with Gasteiger partial charge in [0, 0.05) is 26.7 Å². The van der Waals surface area contributed by atoms with Gasteiger partial charge in [0.2, 0.25) is 5.91 Å². The number of benzene rings is 1. The Hall–Kier alpha value is -1.57. The second-order valence-electron chi connectivity index (χ2n) is 5.89. The van der Waals surface area contributed by atoms with Crippen molar-refractivity contribution in [2.45, 2.75) is 31.6 Å². The number of carbonyl (C=O) groups excluding carboxylic acids is 1. The van der Waals surface area contributed by atoms with Crippen LogP contribution in [0.25, 0.3) is 0 Å². The zero-order valence-electron chi connectivity index (χ0n) is 13.1. The summed E-state index contributed by atoms with van der Waals surface area (Å²) >= 11 is 0. The monoisotopic (exact) mass is 328 g/mol. The highest BCUT2D eigenvalue weighted by atomic mass is 19.3. The fourth-order valence-corrected chi connectivity index (χ4v) is 2.59. The number of halogens is 2. The van der Waals surface area contributed by atoms with Gasteiger partial charge in [-0.05, 0) is 17.5 Å². The fourth-order valence-electron chi connectivity index (χ4n) is 2.59. The molecule has 0 aliphatic carbocycles. The summed E-state index contributed by atoms with van der Waals surface area (Å²) in [5.41, 5.74) is 0.00640. The number of methoxy groups -OCH3 is 1. The topological polar surface area (TPSA) is 61.8 Å². The Morgan fingerprint density at radius 1 is 1.39 bits per heavy atom. The minimum atomic E-state index is -2.79. The van der Waals surface area contributed by atoms with Gasteiger partial charge in [0.25, 0.3) is 6.43 Å². The van der Waals surface area contributed by atoms with Gasteiger partial charge in [-0.15, -0.1) is 0 Å². The summed E-state index contributed by atoms with van der Waals surface area (Å²) < 4.78 is 30.4. The van der Waals surface area contributed by atoms with Gasteiger partial charge in [-0.1, -0.05) is 24.3 Å². The van der Waals surface area contributed by atoms with Crippen molar-refractivity contribution in [3.63, 3.8) is 0 Å². The van der Waals surface area contributed by atoms with Crippen molar-refractivity contribution in [3.8, 4) is 0 Å². The van der Waals surface area contributed by atoms with E-state index in [2.05, 4.69) is 5.32 Å². The van der Waals surface area contributed by atoms with Gasteiger partial charge in [-0.25, -0.2) is 8.78 Å². The van der Waals surface area contributed by atoms with Crippen LogP contribution in [-0.4, -0.2) is 54.7 Å². The zero-order chi connectivity index (χ0) is 16.9. The van der Waals surface area contributed by atoms with E-state index in [-0.39, 0.29) is 25.4 Å². The van der Waals surface area contributed by atoms with Crippen LogP contribution in [0.3, 0.4) is 0 Å². The molecule has 1 unspecified atom stereocenters. The molecule has 0 radical (unpaired) electrons. The molecule has 0 bridgehead atoms. The second kappa shape index (κ2) is 7.81. The molecule has 128 valence electrons. The van der Waals surface area contributed by atoms with Gasteiger partial charge < -0.3 is 15.2 Å². The van der Waals surface area contributed by atoms with Gasteiger partial charge >= 0.3 is 0 Å². The van der Waals surface area contributed by atoms with Crippen molar-refractivity contribution in [3.05, 3.63) is 35.4 Å². The van der Waals surface area contributed by atoms with E-state index in [1.54, 1.807) is 12.0 Å². The summed E-state index contributed by atoms with van der Waals surface area (Å²) in [6.45, 7) is 1.04. The number of hydrogen-bond donors (Lipinski definition) is 2. The molecule has 1 saturated heterocycles. The lowest BCUT2D eigenvalue weighted by molar-refractivity contribution is -0.123. The molecule has 1 aromatic rings. The molecule has 1 aromatic carbocycles. The smallest absolute Gasteiger partial charge is 0.268 e. The summed E-state index contributed by atoms with van der Waals surface area (Å²) in [4.78, 5) is 13.4. The van der Waals surface area contributed by atoms with Crippen molar-refractivity contribution in [2.24, 2.45) is 0 Å². The van der Waals surface area contributed by atoms with E-state index in [4.69, 9.17) is 4.74 Å². The summed E-state index contributed by atoms with van der Waals surface area (Å²) in [7, 11) is 1.63. The van der Waals surface area contributed by atoms with Crippen molar-refractivity contribution in [2.75, 3.05) is 26.7 Å². The Bertz CT molecular complexity index is 525. The van der Waals surface area contributed by atoms with Gasteiger partial charge in [0.15, 0.2) is 0 Å². The Kier molecular flexibility index (Phi) is 6.04. The number of aliphatic hydroxyl groups is 1. The third-order valence-electron chi connectivity index (χ3n) is 3.96. The van der Waals surface area contributed by atoms with Crippen LogP contribution in [0.2, 0.25) is 0 Å². The number of hydrogen-bond acceptors (Lipinski definition) is 4. The number of β-amino-alcohol motifs (C(OH)–C–C–N with tert-alkyl or cyclic N) is 1. The maximum absolute atomic E-state index is 12.7. The van der Waals surface area contributed by atoms with E-state index in [1.165, 1.54) is 0 Å². The first-order chi connectivity index (χ1) is 10.9. The van der Waals surface area contributed by atoms with Crippen LogP contribution in [0.1, 0.15) is 17.5 Å². The lowest BCUT2D eigenvalue weighted by atomic mass is 10.1. The van der Waals surface area contributed by atoms with Gasteiger partial charge in [-0.2, -0.15) is 0 Å². The Morgan fingerprint density at radius 2 is 2.04 bits per heavy atom. The molecule has 1 aliphatic rings. The number of amides is 1. The highest BCUT2D eigenvalue weighted by Crippen LogP contribution is 2.27. The van der Waals surface area contributed by atoms with E-state index in [1.807, 2.05) is 24.3 Å². The molecule has 2 N–H and O–H groups in total. The standard InChI is InChI=1S/C16H22F2N2O3/c1-23-10-13-4-2-12(3-5-13)8-19-14(21)9-20-7-6-16(22,11-20)15(17)18/h2-5,15,22H,6-11H2,1H3,(H,19,21). The van der Waals surface area contributed by atoms with Crippen LogP contribution in [0.5, 0.6) is 0 Å². The van der Waals surface area contributed by atoms with Crippen molar-refractivity contribution in [1.29, 1.82) is 0 Å². The molecule has 23 heavy (non-hydrogen) atoms. The van der Waals surface area contributed by atoms with E-state index in [0.29, 0.717) is 19.7 Å². The molecule has 1 atom stereocenters. The number of nitrogens with zero attached hydrogens (tertiary/aromatic N) is 1. The van der Waals surface area contributed by atoms with E-state index < -0.39 is 12.0 Å². The van der Waals surface area contributed by atoms with Gasteiger partial charge in [0.1, 0.15) is 5.60 Å². The number of rotatable bonds is 7. The number of nitrogens with one attached hydrogen (secondary N) is 1. The molecule has 5 nitrogen and oxygen atoms in total. The zero-order valence-corrected chi connectivity index (χ0v) is 13.1. The maximum Gasteiger partial charge on any atom is 0.268 e. The van der Waals surface area contributed by atoms with Crippen LogP contribution in [0.4, 0.5) is 8.78 Å². The first-order valence-electron chi connectivity index (χ1n) is 7.49. The largest absolute Gasteiger partial charge is 0.383 e. The number of carbonyl (C=O) groups is 1. The fraction of sp³-hybridized carbons (Fsp3) is 0.562. The third kappa shape index (κ3) is 4.95. The van der Waals surface area contributed by atoms with Gasteiger partial charge in [-0.3, -0.25) is 9.69 Å². The van der Waals surface area contributed by atoms with Crippen LogP contribution in [-0.2, 0) is 22.7 Å². The molecule has 0 spiro atoms. The molecule has 1 fully saturated rings. The summed E-state index contributed by atoms with van der Waals surface area (Å²) in [5, 5.41) is 12.4.